The molecular weight excluding hydrogens is 182 g/mol. The van der Waals surface area contributed by atoms with Crippen LogP contribution in [0.2, 0.25) is 0 Å². The van der Waals surface area contributed by atoms with Gasteiger partial charge in [-0.05, 0) is 26.3 Å². The summed E-state index contributed by atoms with van der Waals surface area (Å²) in [6, 6.07) is 0.503. The van der Waals surface area contributed by atoms with E-state index in [-0.39, 0.29) is 0 Å². The van der Waals surface area contributed by atoms with E-state index in [2.05, 4.69) is 27.9 Å². The number of nitrogens with zero attached hydrogens (tertiary/aromatic N) is 1. The molecule has 1 aromatic heterocycles. The zero-order chi connectivity index (χ0) is 9.10. The van der Waals surface area contributed by atoms with Crippen molar-refractivity contribution in [2.24, 2.45) is 0 Å². The Bertz CT molecular complexity index is 266. The van der Waals surface area contributed by atoms with Crippen molar-refractivity contribution < 1.29 is 0 Å². The van der Waals surface area contributed by atoms with Crippen molar-refractivity contribution in [3.8, 4) is 0 Å². The molecule has 1 fully saturated rings. The highest BCUT2D eigenvalue weighted by atomic mass is 32.1. The van der Waals surface area contributed by atoms with Crippen LogP contribution in [0, 0.1) is 0 Å². The molecule has 1 aromatic rings. The number of aromatic nitrogens is 1. The molecule has 72 valence electrons. The predicted octanol–water partition coefficient (Wildman–Crippen LogP) is 2.00. The molecule has 0 bridgehead atoms. The van der Waals surface area contributed by atoms with E-state index in [0.717, 1.165) is 18.2 Å². The molecule has 0 amide bonds. The molecule has 1 saturated heterocycles. The third-order valence-electron chi connectivity index (χ3n) is 2.27. The lowest BCUT2D eigenvalue weighted by atomic mass is 10.2. The number of thiazole rings is 1. The fourth-order valence-corrected chi connectivity index (χ4v) is 2.45. The molecule has 1 aliphatic heterocycles. The third kappa shape index (κ3) is 2.00. The number of rotatable bonds is 3. The summed E-state index contributed by atoms with van der Waals surface area (Å²) < 4.78 is 0. The van der Waals surface area contributed by atoms with Crippen molar-refractivity contribution in [2.45, 2.75) is 25.8 Å². The van der Waals surface area contributed by atoms with Gasteiger partial charge in [0.15, 0.2) is 5.13 Å². The molecule has 1 atom stereocenters. The summed E-state index contributed by atoms with van der Waals surface area (Å²) in [5.41, 5.74) is 1.21. The van der Waals surface area contributed by atoms with E-state index < -0.39 is 0 Å². The smallest absolute Gasteiger partial charge is 0.182 e. The van der Waals surface area contributed by atoms with Gasteiger partial charge >= 0.3 is 0 Å². The van der Waals surface area contributed by atoms with Gasteiger partial charge in [0.05, 0.1) is 11.7 Å². The molecule has 2 N–H and O–H groups in total. The van der Waals surface area contributed by atoms with Crippen LogP contribution >= 0.6 is 11.3 Å². The molecule has 2 rings (SSSR count). The molecular formula is C9H15N3S. The van der Waals surface area contributed by atoms with E-state index in [4.69, 9.17) is 0 Å². The Morgan fingerprint density at radius 1 is 1.77 bits per heavy atom. The first-order valence-electron chi connectivity index (χ1n) is 4.83. The maximum atomic E-state index is 4.53. The second-order valence-electron chi connectivity index (χ2n) is 3.26. The second kappa shape index (κ2) is 4.07. The molecule has 2 heterocycles. The Kier molecular flexibility index (Phi) is 2.80. The van der Waals surface area contributed by atoms with Crippen molar-refractivity contribution in [3.05, 3.63) is 11.1 Å². The molecule has 0 saturated carbocycles. The van der Waals surface area contributed by atoms with Gasteiger partial charge in [0.1, 0.15) is 0 Å². The minimum atomic E-state index is 0.503. The highest BCUT2D eigenvalue weighted by Crippen LogP contribution is 2.26. The molecule has 13 heavy (non-hydrogen) atoms. The van der Waals surface area contributed by atoms with E-state index in [1.165, 1.54) is 18.5 Å². The zero-order valence-electron chi connectivity index (χ0n) is 7.84. The Morgan fingerprint density at radius 2 is 2.69 bits per heavy atom. The van der Waals surface area contributed by atoms with Crippen LogP contribution in [0.25, 0.3) is 0 Å². The summed E-state index contributed by atoms with van der Waals surface area (Å²) in [5, 5.41) is 9.88. The van der Waals surface area contributed by atoms with Crippen LogP contribution in [0.3, 0.4) is 0 Å². The van der Waals surface area contributed by atoms with E-state index in [9.17, 15) is 0 Å². The average molecular weight is 197 g/mol. The summed E-state index contributed by atoms with van der Waals surface area (Å²) in [7, 11) is 0. The summed E-state index contributed by atoms with van der Waals surface area (Å²) in [4.78, 5) is 4.53. The number of hydrogen-bond donors (Lipinski definition) is 2. The van der Waals surface area contributed by atoms with Gasteiger partial charge in [-0.2, -0.15) is 0 Å². The highest BCUT2D eigenvalue weighted by Gasteiger charge is 2.18. The SMILES string of the molecule is CCNc1nc(C2CCCN2)cs1. The Balaban J connectivity index is 2.03. The van der Waals surface area contributed by atoms with Gasteiger partial charge in [-0.15, -0.1) is 11.3 Å². The van der Waals surface area contributed by atoms with E-state index in [1.807, 2.05) is 0 Å². The normalized spacial score (nSPS) is 22.1. The fraction of sp³-hybridized carbons (Fsp3) is 0.667. The van der Waals surface area contributed by atoms with Crippen LogP contribution in [-0.2, 0) is 0 Å². The van der Waals surface area contributed by atoms with Gasteiger partial charge in [0.2, 0.25) is 0 Å². The van der Waals surface area contributed by atoms with Crippen LogP contribution in [0.1, 0.15) is 31.5 Å². The van der Waals surface area contributed by atoms with Gasteiger partial charge in [0.25, 0.3) is 0 Å². The highest BCUT2D eigenvalue weighted by molar-refractivity contribution is 7.13. The lowest BCUT2D eigenvalue weighted by Gasteiger charge is -2.04. The maximum absolute atomic E-state index is 4.53. The minimum absolute atomic E-state index is 0.503. The Labute approximate surface area is 82.6 Å². The largest absolute Gasteiger partial charge is 0.362 e. The van der Waals surface area contributed by atoms with Gasteiger partial charge in [0, 0.05) is 11.9 Å². The van der Waals surface area contributed by atoms with Crippen molar-refractivity contribution in [2.75, 3.05) is 18.4 Å². The number of hydrogen-bond acceptors (Lipinski definition) is 4. The Morgan fingerprint density at radius 3 is 3.38 bits per heavy atom. The molecule has 1 unspecified atom stereocenters. The second-order valence-corrected chi connectivity index (χ2v) is 4.11. The van der Waals surface area contributed by atoms with Crippen LogP contribution in [-0.4, -0.2) is 18.1 Å². The molecule has 0 aliphatic carbocycles. The van der Waals surface area contributed by atoms with Crippen LogP contribution in [0.15, 0.2) is 5.38 Å². The van der Waals surface area contributed by atoms with E-state index >= 15 is 0 Å². The standard InChI is InChI=1S/C9H15N3S/c1-2-10-9-12-8(6-13-9)7-4-3-5-11-7/h6-7,11H,2-5H2,1H3,(H,10,12). The van der Waals surface area contributed by atoms with Gasteiger partial charge < -0.3 is 10.6 Å². The summed E-state index contributed by atoms with van der Waals surface area (Å²) >= 11 is 1.70. The summed E-state index contributed by atoms with van der Waals surface area (Å²) in [5.74, 6) is 0. The zero-order valence-corrected chi connectivity index (χ0v) is 8.66. The lowest BCUT2D eigenvalue weighted by Crippen LogP contribution is -2.13. The quantitative estimate of drug-likeness (QED) is 0.778. The van der Waals surface area contributed by atoms with E-state index in [0.29, 0.717) is 6.04 Å². The first-order chi connectivity index (χ1) is 6.40. The number of anilines is 1. The van der Waals surface area contributed by atoms with Crippen LogP contribution in [0.4, 0.5) is 5.13 Å². The van der Waals surface area contributed by atoms with Crippen LogP contribution in [0.5, 0.6) is 0 Å². The number of nitrogens with one attached hydrogen (secondary N) is 2. The maximum Gasteiger partial charge on any atom is 0.182 e. The molecule has 4 heteroatoms. The van der Waals surface area contributed by atoms with Gasteiger partial charge in [-0.3, -0.25) is 0 Å². The third-order valence-corrected chi connectivity index (χ3v) is 3.09. The molecule has 0 radical (unpaired) electrons. The predicted molar refractivity (Wildman–Crippen MR) is 56.3 cm³/mol. The lowest BCUT2D eigenvalue weighted by molar-refractivity contribution is 0.632. The van der Waals surface area contributed by atoms with Crippen LogP contribution < -0.4 is 10.6 Å². The van der Waals surface area contributed by atoms with E-state index in [1.54, 1.807) is 11.3 Å². The van der Waals surface area contributed by atoms with Crippen molar-refractivity contribution in [1.29, 1.82) is 0 Å². The average Bonchev–Trinajstić information content (AvgIpc) is 2.70. The first kappa shape index (κ1) is 8.97. The summed E-state index contributed by atoms with van der Waals surface area (Å²) in [6.45, 7) is 4.18. The summed E-state index contributed by atoms with van der Waals surface area (Å²) in [6.07, 6.45) is 2.51. The molecule has 1 aliphatic rings. The topological polar surface area (TPSA) is 37.0 Å². The van der Waals surface area contributed by atoms with Crippen molar-refractivity contribution >= 4 is 16.5 Å². The monoisotopic (exact) mass is 197 g/mol. The fourth-order valence-electron chi connectivity index (χ4n) is 1.62. The van der Waals surface area contributed by atoms with Crippen molar-refractivity contribution in [1.82, 2.24) is 10.3 Å². The van der Waals surface area contributed by atoms with Crippen molar-refractivity contribution in [3.63, 3.8) is 0 Å². The minimum Gasteiger partial charge on any atom is -0.362 e. The molecule has 0 spiro atoms. The first-order valence-corrected chi connectivity index (χ1v) is 5.71. The molecule has 0 aromatic carbocycles. The molecule has 3 nitrogen and oxygen atoms in total. The Hall–Kier alpha value is -0.610. The van der Waals surface area contributed by atoms with Gasteiger partial charge in [-0.25, -0.2) is 4.98 Å². The van der Waals surface area contributed by atoms with Gasteiger partial charge in [-0.1, -0.05) is 0 Å².